The van der Waals surface area contributed by atoms with Crippen LogP contribution in [0.3, 0.4) is 0 Å². The van der Waals surface area contributed by atoms with Gasteiger partial charge in [-0.1, -0.05) is 0 Å². The Morgan fingerprint density at radius 1 is 1.24 bits per heavy atom. The zero-order valence-electron chi connectivity index (χ0n) is 12.9. The first-order valence-electron chi connectivity index (χ1n) is 7.69. The van der Waals surface area contributed by atoms with E-state index in [9.17, 15) is 0 Å². The molecule has 4 rings (SSSR count). The summed E-state index contributed by atoms with van der Waals surface area (Å²) in [6, 6.07) is 1.11. The lowest BCUT2D eigenvalue weighted by Gasteiger charge is -2.35. The normalized spacial score (nSPS) is 24.3. The average molecular weight is 283 g/mol. The van der Waals surface area contributed by atoms with Crippen LogP contribution in [0.15, 0.2) is 12.4 Å². The molecule has 2 unspecified atom stereocenters. The first kappa shape index (κ1) is 13.0. The third kappa shape index (κ3) is 1.99. The van der Waals surface area contributed by atoms with Crippen molar-refractivity contribution in [2.45, 2.75) is 51.7 Å². The van der Waals surface area contributed by atoms with Crippen LogP contribution in [0.1, 0.15) is 47.2 Å². The minimum absolute atomic E-state index is 0.485. The Labute approximate surface area is 125 Å². The highest BCUT2D eigenvalue weighted by atomic mass is 15.3. The van der Waals surface area contributed by atoms with Crippen molar-refractivity contribution in [2.75, 3.05) is 0 Å². The molecule has 1 fully saturated rings. The molecule has 0 aromatic carbocycles. The number of nitrogens with zero attached hydrogens (tertiary/aromatic N) is 5. The monoisotopic (exact) mass is 283 g/mol. The van der Waals surface area contributed by atoms with E-state index in [-0.39, 0.29) is 0 Å². The highest BCUT2D eigenvalue weighted by molar-refractivity contribution is 5.29. The van der Waals surface area contributed by atoms with Crippen molar-refractivity contribution < 1.29 is 0 Å². The third-order valence-corrected chi connectivity index (χ3v) is 5.14. The number of aromatic nitrogens is 4. The van der Waals surface area contributed by atoms with Crippen LogP contribution in [0.4, 0.5) is 0 Å². The van der Waals surface area contributed by atoms with Gasteiger partial charge in [-0.05, 0) is 26.7 Å². The SMILES string of the molecule is Cc1ncc2c(n1)CC1CCC2N1Cc1cnn(C)c1C. The standard InChI is InChI=1S/C16H21N5/c1-10-12(7-18-20(10)3)9-21-13-4-5-16(21)14-8-17-11(2)19-15(14)6-13/h7-8,13,16H,4-6,9H2,1-3H3. The van der Waals surface area contributed by atoms with Crippen LogP contribution in [-0.4, -0.2) is 30.7 Å². The van der Waals surface area contributed by atoms with E-state index in [1.807, 2.05) is 31.0 Å². The fraction of sp³-hybridized carbons (Fsp3) is 0.562. The van der Waals surface area contributed by atoms with Crippen LogP contribution in [0.5, 0.6) is 0 Å². The maximum atomic E-state index is 4.66. The molecular weight excluding hydrogens is 262 g/mol. The molecule has 0 saturated carbocycles. The topological polar surface area (TPSA) is 46.8 Å². The van der Waals surface area contributed by atoms with Gasteiger partial charge in [0.1, 0.15) is 5.82 Å². The van der Waals surface area contributed by atoms with Gasteiger partial charge in [-0.2, -0.15) is 5.10 Å². The molecule has 2 aromatic rings. The molecule has 5 nitrogen and oxygen atoms in total. The molecule has 4 heterocycles. The molecule has 0 N–H and O–H groups in total. The summed E-state index contributed by atoms with van der Waals surface area (Å²) in [6.07, 6.45) is 7.61. The van der Waals surface area contributed by atoms with Gasteiger partial charge in [0, 0.05) is 55.1 Å². The summed E-state index contributed by atoms with van der Waals surface area (Å²) in [5, 5.41) is 4.37. The largest absolute Gasteiger partial charge is 0.288 e. The predicted octanol–water partition coefficient (Wildman–Crippen LogP) is 2.09. The van der Waals surface area contributed by atoms with Gasteiger partial charge in [-0.15, -0.1) is 0 Å². The van der Waals surface area contributed by atoms with Gasteiger partial charge in [0.25, 0.3) is 0 Å². The van der Waals surface area contributed by atoms with Crippen LogP contribution in [-0.2, 0) is 20.0 Å². The molecule has 21 heavy (non-hydrogen) atoms. The molecule has 5 heteroatoms. The lowest BCUT2D eigenvalue weighted by Crippen LogP contribution is -2.37. The lowest BCUT2D eigenvalue weighted by molar-refractivity contribution is 0.165. The minimum atomic E-state index is 0.485. The highest BCUT2D eigenvalue weighted by Gasteiger charge is 2.40. The van der Waals surface area contributed by atoms with Crippen molar-refractivity contribution in [3.05, 3.63) is 40.7 Å². The molecule has 0 spiro atoms. The molecule has 1 saturated heterocycles. The van der Waals surface area contributed by atoms with Crippen LogP contribution in [0, 0.1) is 13.8 Å². The minimum Gasteiger partial charge on any atom is -0.288 e. The van der Waals surface area contributed by atoms with Crippen molar-refractivity contribution in [3.63, 3.8) is 0 Å². The Morgan fingerprint density at radius 2 is 2.10 bits per heavy atom. The van der Waals surface area contributed by atoms with Gasteiger partial charge in [0.15, 0.2) is 0 Å². The number of fused-ring (bicyclic) bond motifs is 4. The summed E-state index contributed by atoms with van der Waals surface area (Å²) in [5.74, 6) is 0.893. The summed E-state index contributed by atoms with van der Waals surface area (Å²) in [4.78, 5) is 11.7. The van der Waals surface area contributed by atoms with Gasteiger partial charge in [-0.3, -0.25) is 9.58 Å². The first-order chi connectivity index (χ1) is 10.1. The first-order valence-corrected chi connectivity index (χ1v) is 7.69. The molecule has 2 bridgehead atoms. The van der Waals surface area contributed by atoms with E-state index < -0.39 is 0 Å². The Hall–Kier alpha value is -1.75. The van der Waals surface area contributed by atoms with Crippen molar-refractivity contribution in [1.82, 2.24) is 24.6 Å². The summed E-state index contributed by atoms with van der Waals surface area (Å²) >= 11 is 0. The molecule has 0 aliphatic carbocycles. The summed E-state index contributed by atoms with van der Waals surface area (Å²) in [6.45, 7) is 5.12. The highest BCUT2D eigenvalue weighted by Crippen LogP contribution is 2.43. The molecule has 2 atom stereocenters. The van der Waals surface area contributed by atoms with E-state index in [1.165, 1.54) is 35.4 Å². The Bertz CT molecular complexity index is 690. The lowest BCUT2D eigenvalue weighted by atomic mass is 9.98. The van der Waals surface area contributed by atoms with Gasteiger partial charge >= 0.3 is 0 Å². The molecule has 0 amide bonds. The number of hydrogen-bond donors (Lipinski definition) is 0. The van der Waals surface area contributed by atoms with E-state index in [0.29, 0.717) is 12.1 Å². The zero-order chi connectivity index (χ0) is 14.6. The number of aryl methyl sites for hydroxylation is 2. The van der Waals surface area contributed by atoms with Gasteiger partial charge < -0.3 is 0 Å². The van der Waals surface area contributed by atoms with Crippen molar-refractivity contribution in [1.29, 1.82) is 0 Å². The van der Waals surface area contributed by atoms with Gasteiger partial charge in [0.05, 0.1) is 11.9 Å². The van der Waals surface area contributed by atoms with E-state index in [4.69, 9.17) is 0 Å². The van der Waals surface area contributed by atoms with Crippen LogP contribution >= 0.6 is 0 Å². The van der Waals surface area contributed by atoms with E-state index in [0.717, 1.165) is 18.8 Å². The average Bonchev–Trinajstić information content (AvgIpc) is 2.92. The molecule has 2 aliphatic rings. The smallest absolute Gasteiger partial charge is 0.125 e. The summed E-state index contributed by atoms with van der Waals surface area (Å²) in [5.41, 5.74) is 5.22. The molecule has 110 valence electrons. The Balaban J connectivity index is 1.66. The number of rotatable bonds is 2. The maximum Gasteiger partial charge on any atom is 0.125 e. The Morgan fingerprint density at radius 3 is 2.86 bits per heavy atom. The van der Waals surface area contributed by atoms with Gasteiger partial charge in [0.2, 0.25) is 0 Å². The summed E-state index contributed by atoms with van der Waals surface area (Å²) < 4.78 is 1.96. The van der Waals surface area contributed by atoms with Crippen molar-refractivity contribution in [2.24, 2.45) is 7.05 Å². The predicted molar refractivity (Wildman–Crippen MR) is 79.7 cm³/mol. The van der Waals surface area contributed by atoms with Crippen LogP contribution < -0.4 is 0 Å². The summed E-state index contributed by atoms with van der Waals surface area (Å²) in [7, 11) is 2.01. The van der Waals surface area contributed by atoms with E-state index in [1.54, 1.807) is 0 Å². The van der Waals surface area contributed by atoms with E-state index in [2.05, 4.69) is 26.9 Å². The maximum absolute atomic E-state index is 4.66. The van der Waals surface area contributed by atoms with E-state index >= 15 is 0 Å². The fourth-order valence-corrected chi connectivity index (χ4v) is 3.82. The Kier molecular flexibility index (Phi) is 2.85. The zero-order valence-corrected chi connectivity index (χ0v) is 12.9. The fourth-order valence-electron chi connectivity index (χ4n) is 3.82. The van der Waals surface area contributed by atoms with Crippen LogP contribution in [0.25, 0.3) is 0 Å². The molecular formula is C16H21N5. The van der Waals surface area contributed by atoms with Crippen molar-refractivity contribution in [3.8, 4) is 0 Å². The molecule has 2 aromatic heterocycles. The second kappa shape index (κ2) is 4.63. The van der Waals surface area contributed by atoms with Gasteiger partial charge in [-0.25, -0.2) is 9.97 Å². The number of hydrogen-bond acceptors (Lipinski definition) is 4. The van der Waals surface area contributed by atoms with Crippen molar-refractivity contribution >= 4 is 0 Å². The molecule has 0 radical (unpaired) electrons. The molecule has 2 aliphatic heterocycles. The van der Waals surface area contributed by atoms with Crippen LogP contribution in [0.2, 0.25) is 0 Å². The quantitative estimate of drug-likeness (QED) is 0.846. The second-order valence-electron chi connectivity index (χ2n) is 6.32. The second-order valence-corrected chi connectivity index (χ2v) is 6.32. The third-order valence-electron chi connectivity index (χ3n) is 5.14.